The molecule has 0 aliphatic rings. The van der Waals surface area contributed by atoms with E-state index in [2.05, 4.69) is 15.6 Å². The van der Waals surface area contributed by atoms with Crippen LogP contribution in [0.5, 0.6) is 0 Å². The van der Waals surface area contributed by atoms with Crippen molar-refractivity contribution >= 4 is 23.3 Å². The van der Waals surface area contributed by atoms with Crippen LogP contribution in [0.25, 0.3) is 10.8 Å². The topological polar surface area (TPSA) is 104 Å². The molecule has 0 saturated heterocycles. The minimum Gasteiger partial charge on any atom is -0.481 e. The highest BCUT2D eigenvalue weighted by Crippen LogP contribution is 2.23. The van der Waals surface area contributed by atoms with Gasteiger partial charge in [0.05, 0.1) is 18.5 Å². The molecule has 2 rings (SSSR count). The second-order valence-corrected chi connectivity index (χ2v) is 5.09. The van der Waals surface area contributed by atoms with E-state index in [0.29, 0.717) is 25.3 Å². The summed E-state index contributed by atoms with van der Waals surface area (Å²) in [5.41, 5.74) is 0.743. The van der Waals surface area contributed by atoms with Gasteiger partial charge in [-0.2, -0.15) is 0 Å². The van der Waals surface area contributed by atoms with Gasteiger partial charge >= 0.3 is 12.0 Å². The zero-order valence-electron chi connectivity index (χ0n) is 11.2. The molecule has 0 atom stereocenters. The number of rotatable bonds is 7. The largest absolute Gasteiger partial charge is 0.481 e. The highest BCUT2D eigenvalue weighted by atomic mass is 32.1. The van der Waals surface area contributed by atoms with Crippen molar-refractivity contribution in [1.82, 2.24) is 15.6 Å². The van der Waals surface area contributed by atoms with Crippen LogP contribution < -0.4 is 10.6 Å². The first-order valence-electron chi connectivity index (χ1n) is 6.37. The number of carboxylic acids is 1. The van der Waals surface area contributed by atoms with E-state index in [0.717, 1.165) is 10.7 Å². The Bertz CT molecular complexity index is 594. The standard InChI is InChI=1S/C13H15N3O4S/c17-11(18)4-1-5-14-13(19)15-7-9-8-21-12(16-9)10-3-2-6-20-10/h2-3,6,8H,1,4-5,7H2,(H,17,18)(H2,14,15,19). The molecule has 112 valence electrons. The number of aromatic nitrogens is 1. The number of carboxylic acid groups (broad SMARTS) is 1. The number of carbonyl (C=O) groups is 2. The normalized spacial score (nSPS) is 10.3. The van der Waals surface area contributed by atoms with Gasteiger partial charge in [-0.15, -0.1) is 11.3 Å². The molecule has 2 aromatic heterocycles. The summed E-state index contributed by atoms with van der Waals surface area (Å²) in [6.45, 7) is 0.634. The Labute approximate surface area is 125 Å². The number of amides is 2. The first kappa shape index (κ1) is 15.0. The SMILES string of the molecule is O=C(O)CCCNC(=O)NCc1csc(-c2ccco2)n1. The van der Waals surface area contributed by atoms with Crippen molar-refractivity contribution in [2.45, 2.75) is 19.4 Å². The number of aliphatic carboxylic acids is 1. The van der Waals surface area contributed by atoms with Crippen LogP contribution >= 0.6 is 11.3 Å². The van der Waals surface area contributed by atoms with Crippen LogP contribution in [0.15, 0.2) is 28.2 Å². The second kappa shape index (κ2) is 7.44. The first-order chi connectivity index (χ1) is 10.1. The number of hydrogen-bond acceptors (Lipinski definition) is 5. The van der Waals surface area contributed by atoms with Crippen molar-refractivity contribution in [3.05, 3.63) is 29.5 Å². The zero-order chi connectivity index (χ0) is 15.1. The summed E-state index contributed by atoms with van der Waals surface area (Å²) in [6, 6.07) is 3.28. The highest BCUT2D eigenvalue weighted by molar-refractivity contribution is 7.13. The first-order valence-corrected chi connectivity index (χ1v) is 7.25. The third kappa shape index (κ3) is 4.92. The lowest BCUT2D eigenvalue weighted by molar-refractivity contribution is -0.137. The Hall–Kier alpha value is -2.35. The summed E-state index contributed by atoms with van der Waals surface area (Å²) in [6.07, 6.45) is 2.03. The Morgan fingerprint density at radius 2 is 2.24 bits per heavy atom. The van der Waals surface area contributed by atoms with E-state index in [1.165, 1.54) is 11.3 Å². The number of urea groups is 1. The molecule has 0 unspecified atom stereocenters. The van der Waals surface area contributed by atoms with Crippen molar-refractivity contribution in [2.24, 2.45) is 0 Å². The van der Waals surface area contributed by atoms with E-state index in [4.69, 9.17) is 9.52 Å². The molecule has 2 heterocycles. The maximum atomic E-state index is 11.5. The fraction of sp³-hybridized carbons (Fsp3) is 0.308. The molecular formula is C13H15N3O4S. The predicted octanol–water partition coefficient (Wildman–Crippen LogP) is 2.07. The molecule has 0 aromatic carbocycles. The quantitative estimate of drug-likeness (QED) is 0.679. The fourth-order valence-electron chi connectivity index (χ4n) is 1.58. The van der Waals surface area contributed by atoms with Crippen molar-refractivity contribution in [3.63, 3.8) is 0 Å². The Morgan fingerprint density at radius 1 is 1.38 bits per heavy atom. The van der Waals surface area contributed by atoms with Crippen molar-refractivity contribution < 1.29 is 19.1 Å². The molecule has 0 aliphatic carbocycles. The van der Waals surface area contributed by atoms with Gasteiger partial charge in [-0.1, -0.05) is 0 Å². The lowest BCUT2D eigenvalue weighted by Crippen LogP contribution is -2.35. The van der Waals surface area contributed by atoms with Crippen LogP contribution in [0.3, 0.4) is 0 Å². The summed E-state index contributed by atoms with van der Waals surface area (Å²) >= 11 is 1.44. The van der Waals surface area contributed by atoms with Crippen molar-refractivity contribution in [1.29, 1.82) is 0 Å². The summed E-state index contributed by atoms with van der Waals surface area (Å²) in [7, 11) is 0. The predicted molar refractivity (Wildman–Crippen MR) is 76.9 cm³/mol. The van der Waals surface area contributed by atoms with Gasteiger partial charge in [0.25, 0.3) is 0 Å². The number of nitrogens with one attached hydrogen (secondary N) is 2. The van der Waals surface area contributed by atoms with Crippen LogP contribution in [-0.2, 0) is 11.3 Å². The lowest BCUT2D eigenvalue weighted by atomic mass is 10.3. The van der Waals surface area contributed by atoms with Crippen LogP contribution in [0.4, 0.5) is 4.79 Å². The van der Waals surface area contributed by atoms with Gasteiger partial charge in [0.15, 0.2) is 10.8 Å². The molecule has 3 N–H and O–H groups in total. The molecule has 0 aliphatic heterocycles. The van der Waals surface area contributed by atoms with Gasteiger partial charge < -0.3 is 20.2 Å². The van der Waals surface area contributed by atoms with E-state index in [1.807, 2.05) is 11.4 Å². The molecule has 8 heteroatoms. The lowest BCUT2D eigenvalue weighted by Gasteiger charge is -2.05. The maximum Gasteiger partial charge on any atom is 0.315 e. The highest BCUT2D eigenvalue weighted by Gasteiger charge is 2.08. The molecule has 21 heavy (non-hydrogen) atoms. The number of thiazole rings is 1. The third-order valence-corrected chi connectivity index (χ3v) is 3.47. The Morgan fingerprint density at radius 3 is 2.95 bits per heavy atom. The molecule has 7 nitrogen and oxygen atoms in total. The smallest absolute Gasteiger partial charge is 0.315 e. The molecule has 2 aromatic rings. The van der Waals surface area contributed by atoms with Crippen molar-refractivity contribution in [2.75, 3.05) is 6.54 Å². The molecule has 0 spiro atoms. The van der Waals surface area contributed by atoms with E-state index in [1.54, 1.807) is 12.3 Å². The van der Waals surface area contributed by atoms with Gasteiger partial charge in [0, 0.05) is 18.3 Å². The Kier molecular flexibility index (Phi) is 5.33. The molecule has 0 radical (unpaired) electrons. The average Bonchev–Trinajstić information content (AvgIpc) is 3.11. The molecule has 0 bridgehead atoms. The molecule has 2 amide bonds. The molecule has 0 fully saturated rings. The molecule has 0 saturated carbocycles. The minimum absolute atomic E-state index is 0.0405. The van der Waals surface area contributed by atoms with E-state index in [-0.39, 0.29) is 12.5 Å². The number of hydrogen-bond donors (Lipinski definition) is 3. The number of carbonyl (C=O) groups excluding carboxylic acids is 1. The summed E-state index contributed by atoms with van der Waals surface area (Å²) in [5.74, 6) is -0.172. The monoisotopic (exact) mass is 309 g/mol. The van der Waals surface area contributed by atoms with E-state index >= 15 is 0 Å². The van der Waals surface area contributed by atoms with Gasteiger partial charge in [-0.05, 0) is 18.6 Å². The number of furan rings is 1. The maximum absolute atomic E-state index is 11.5. The number of nitrogens with zero attached hydrogens (tertiary/aromatic N) is 1. The second-order valence-electron chi connectivity index (χ2n) is 4.23. The van der Waals surface area contributed by atoms with Crippen LogP contribution in [-0.4, -0.2) is 28.6 Å². The summed E-state index contributed by atoms with van der Waals surface area (Å²) in [4.78, 5) is 26.1. The average molecular weight is 309 g/mol. The minimum atomic E-state index is -0.870. The zero-order valence-corrected chi connectivity index (χ0v) is 12.0. The van der Waals surface area contributed by atoms with Crippen LogP contribution in [0, 0.1) is 0 Å². The fourth-order valence-corrected chi connectivity index (χ4v) is 2.36. The van der Waals surface area contributed by atoms with Crippen LogP contribution in [0.1, 0.15) is 18.5 Å². The van der Waals surface area contributed by atoms with Crippen LogP contribution in [0.2, 0.25) is 0 Å². The van der Waals surface area contributed by atoms with Gasteiger partial charge in [0.1, 0.15) is 0 Å². The Balaban J connectivity index is 1.71. The van der Waals surface area contributed by atoms with Crippen molar-refractivity contribution in [3.8, 4) is 10.8 Å². The van der Waals surface area contributed by atoms with E-state index < -0.39 is 5.97 Å². The third-order valence-electron chi connectivity index (χ3n) is 2.57. The van der Waals surface area contributed by atoms with Gasteiger partial charge in [-0.3, -0.25) is 4.79 Å². The van der Waals surface area contributed by atoms with Gasteiger partial charge in [0.2, 0.25) is 0 Å². The van der Waals surface area contributed by atoms with Gasteiger partial charge in [-0.25, -0.2) is 9.78 Å². The molecular weight excluding hydrogens is 294 g/mol. The van der Waals surface area contributed by atoms with E-state index in [9.17, 15) is 9.59 Å². The summed E-state index contributed by atoms with van der Waals surface area (Å²) < 4.78 is 5.24. The summed E-state index contributed by atoms with van der Waals surface area (Å²) in [5, 5.41) is 16.3.